The van der Waals surface area contributed by atoms with Crippen molar-refractivity contribution in [3.05, 3.63) is 95.2 Å². The molecule has 2 aliphatic heterocycles. The number of nitrogens with zero attached hydrogens (tertiary/aromatic N) is 1. The number of carboxylic acid groups (broad SMARTS) is 1. The van der Waals surface area contributed by atoms with Crippen molar-refractivity contribution in [3.8, 4) is 5.75 Å². The summed E-state index contributed by atoms with van der Waals surface area (Å²) < 4.78 is 0. The monoisotopic (exact) mass is 509 g/mol. The number of hydrogen-bond donors (Lipinski definition) is 4. The van der Waals surface area contributed by atoms with Gasteiger partial charge >= 0.3 is 5.97 Å². The first-order valence-corrected chi connectivity index (χ1v) is 12.5. The van der Waals surface area contributed by atoms with E-state index in [2.05, 4.69) is 10.3 Å². The summed E-state index contributed by atoms with van der Waals surface area (Å²) in [6.07, 6.45) is 1.72. The summed E-state index contributed by atoms with van der Waals surface area (Å²) in [5.41, 5.74) is 2.36. The molecule has 0 aliphatic carbocycles. The molecule has 6 rings (SSSR count). The Labute approximate surface area is 218 Å². The molecule has 0 spiro atoms. The lowest BCUT2D eigenvalue weighted by Crippen LogP contribution is -2.57. The van der Waals surface area contributed by atoms with E-state index in [9.17, 15) is 24.6 Å². The number of phenols is 1. The van der Waals surface area contributed by atoms with Gasteiger partial charge in [-0.2, -0.15) is 0 Å². The number of H-pyrrole nitrogens is 1. The number of aromatic nitrogens is 1. The first kappa shape index (κ1) is 23.9. The van der Waals surface area contributed by atoms with Crippen molar-refractivity contribution in [2.75, 3.05) is 4.90 Å². The molecule has 3 heterocycles. The van der Waals surface area contributed by atoms with Gasteiger partial charge < -0.3 is 15.2 Å². The second kappa shape index (κ2) is 8.56. The number of fused-ring (bicyclic) bond motifs is 2. The van der Waals surface area contributed by atoms with Gasteiger partial charge in [-0.15, -0.1) is 0 Å². The number of aliphatic carboxylic acids is 1. The van der Waals surface area contributed by atoms with Crippen LogP contribution in [0.2, 0.25) is 0 Å². The summed E-state index contributed by atoms with van der Waals surface area (Å²) in [4.78, 5) is 45.6. The molecule has 0 bridgehead atoms. The maximum atomic E-state index is 14.1. The molecule has 4 aromatic rings. The summed E-state index contributed by atoms with van der Waals surface area (Å²) in [5.74, 6) is -4.53. The predicted molar refractivity (Wildman–Crippen MR) is 142 cm³/mol. The van der Waals surface area contributed by atoms with Crippen LogP contribution < -0.4 is 10.2 Å². The first-order chi connectivity index (χ1) is 18.2. The molecule has 38 heavy (non-hydrogen) atoms. The molecule has 8 nitrogen and oxygen atoms in total. The molecular weight excluding hydrogens is 482 g/mol. The van der Waals surface area contributed by atoms with Crippen LogP contribution in [0, 0.1) is 25.7 Å². The van der Waals surface area contributed by atoms with Crippen LogP contribution in [-0.2, 0) is 20.8 Å². The summed E-state index contributed by atoms with van der Waals surface area (Å²) in [7, 11) is 0. The minimum Gasteiger partial charge on any atom is -0.508 e. The fourth-order valence-corrected chi connectivity index (χ4v) is 6.37. The number of rotatable bonds is 5. The maximum absolute atomic E-state index is 14.1. The van der Waals surface area contributed by atoms with E-state index >= 15 is 0 Å². The largest absolute Gasteiger partial charge is 0.508 e. The zero-order chi connectivity index (χ0) is 26.8. The van der Waals surface area contributed by atoms with E-state index in [-0.39, 0.29) is 12.2 Å². The highest BCUT2D eigenvalue weighted by Gasteiger charge is 2.69. The zero-order valence-electron chi connectivity index (χ0n) is 20.9. The van der Waals surface area contributed by atoms with Crippen LogP contribution in [0.5, 0.6) is 5.75 Å². The highest BCUT2D eigenvalue weighted by Crippen LogP contribution is 2.52. The summed E-state index contributed by atoms with van der Waals surface area (Å²) in [6, 6.07) is 18.7. The van der Waals surface area contributed by atoms with E-state index in [1.165, 1.54) is 6.07 Å². The third-order valence-electron chi connectivity index (χ3n) is 7.92. The minimum absolute atomic E-state index is 0.0304. The highest BCUT2D eigenvalue weighted by molar-refractivity contribution is 6.24. The fraction of sp³-hybridized carbons (Fsp3) is 0.233. The molecule has 8 heteroatoms. The van der Waals surface area contributed by atoms with Crippen LogP contribution in [0.4, 0.5) is 5.69 Å². The Morgan fingerprint density at radius 1 is 0.974 bits per heavy atom. The quantitative estimate of drug-likeness (QED) is 0.302. The summed E-state index contributed by atoms with van der Waals surface area (Å²) in [5, 5.41) is 25.5. The summed E-state index contributed by atoms with van der Waals surface area (Å²) in [6.45, 7) is 3.76. The Bertz CT molecular complexity index is 1600. The number of amides is 2. The Morgan fingerprint density at radius 3 is 2.37 bits per heavy atom. The molecule has 192 valence electrons. The fourth-order valence-electron chi connectivity index (χ4n) is 6.37. The van der Waals surface area contributed by atoms with Crippen LogP contribution in [0.25, 0.3) is 10.9 Å². The van der Waals surface area contributed by atoms with Gasteiger partial charge in [0.05, 0.1) is 17.5 Å². The van der Waals surface area contributed by atoms with Crippen molar-refractivity contribution in [3.63, 3.8) is 0 Å². The van der Waals surface area contributed by atoms with Crippen LogP contribution in [0.15, 0.2) is 72.9 Å². The van der Waals surface area contributed by atoms with Gasteiger partial charge in [-0.3, -0.25) is 19.7 Å². The molecule has 3 aromatic carbocycles. The van der Waals surface area contributed by atoms with Gasteiger partial charge in [0.15, 0.2) is 0 Å². The van der Waals surface area contributed by atoms with Gasteiger partial charge in [0.25, 0.3) is 0 Å². The number of nitrogens with one attached hydrogen (secondary N) is 2. The number of anilines is 1. The third kappa shape index (κ3) is 3.44. The van der Waals surface area contributed by atoms with Gasteiger partial charge in [0.1, 0.15) is 11.3 Å². The van der Waals surface area contributed by atoms with Crippen LogP contribution >= 0.6 is 0 Å². The SMILES string of the molecule is Cc1cc(C)cc(N2C(=O)[C@@H]3[C@@H](C2=O)[C@](Cc2c[nH]c4ccccc24)(C(=O)O)N[C@H]3c2ccccc2O)c1. The number of imide groups is 1. The average Bonchev–Trinajstić information content (AvgIpc) is 3.51. The molecule has 2 saturated heterocycles. The van der Waals surface area contributed by atoms with Crippen LogP contribution in [0.1, 0.15) is 28.3 Å². The van der Waals surface area contributed by atoms with Crippen molar-refractivity contribution in [1.29, 1.82) is 0 Å². The van der Waals surface area contributed by atoms with Crippen LogP contribution in [0.3, 0.4) is 0 Å². The Morgan fingerprint density at radius 2 is 1.66 bits per heavy atom. The van der Waals surface area contributed by atoms with E-state index in [1.54, 1.807) is 36.5 Å². The number of benzene rings is 3. The molecule has 4 atom stereocenters. The number of carbonyl (C=O) groups is 3. The van der Waals surface area contributed by atoms with E-state index in [0.717, 1.165) is 32.5 Å². The van der Waals surface area contributed by atoms with Crippen molar-refractivity contribution in [2.45, 2.75) is 31.8 Å². The van der Waals surface area contributed by atoms with E-state index in [4.69, 9.17) is 0 Å². The lowest BCUT2D eigenvalue weighted by Gasteiger charge is -2.31. The summed E-state index contributed by atoms with van der Waals surface area (Å²) >= 11 is 0. The minimum atomic E-state index is -1.79. The van der Waals surface area contributed by atoms with Gasteiger partial charge in [-0.25, -0.2) is 4.90 Å². The van der Waals surface area contributed by atoms with E-state index in [0.29, 0.717) is 11.3 Å². The maximum Gasteiger partial charge on any atom is 0.325 e. The van der Waals surface area contributed by atoms with Crippen molar-refractivity contribution < 1.29 is 24.6 Å². The lowest BCUT2D eigenvalue weighted by atomic mass is 9.76. The molecule has 0 saturated carbocycles. The number of hydrogen-bond acceptors (Lipinski definition) is 5. The first-order valence-electron chi connectivity index (χ1n) is 12.5. The topological polar surface area (TPSA) is 123 Å². The highest BCUT2D eigenvalue weighted by atomic mass is 16.4. The standard InChI is InChI=1S/C30H27N3O5/c1-16-11-17(2)13-19(12-16)33-27(35)24-25(28(33)36)30(29(37)38,32-26(24)21-8-4-6-10-23(21)34)14-18-15-31-22-9-5-3-7-20(18)22/h3-13,15,24-26,31-32,34H,14H2,1-2H3,(H,37,38)/t24-,25+,26+,30-/m1/s1. The Hall–Kier alpha value is -4.43. The van der Waals surface area contributed by atoms with Crippen molar-refractivity contribution in [2.24, 2.45) is 11.8 Å². The number of aromatic amines is 1. The van der Waals surface area contributed by atoms with Gasteiger partial charge in [0.2, 0.25) is 11.8 Å². The average molecular weight is 510 g/mol. The second-order valence-electron chi connectivity index (χ2n) is 10.4. The smallest absolute Gasteiger partial charge is 0.325 e. The lowest BCUT2D eigenvalue weighted by molar-refractivity contribution is -0.148. The molecule has 2 aliphatic rings. The van der Waals surface area contributed by atoms with Gasteiger partial charge in [0, 0.05) is 35.1 Å². The molecular formula is C30H27N3O5. The number of para-hydroxylation sites is 2. The Kier molecular flexibility index (Phi) is 5.39. The molecule has 1 aromatic heterocycles. The normalized spacial score (nSPS) is 24.8. The number of phenolic OH excluding ortho intramolecular Hbond substituents is 1. The second-order valence-corrected chi connectivity index (χ2v) is 10.4. The van der Waals surface area contributed by atoms with E-state index in [1.807, 2.05) is 44.2 Å². The number of aromatic hydroxyl groups is 1. The molecule has 4 N–H and O–H groups in total. The van der Waals surface area contributed by atoms with Crippen molar-refractivity contribution in [1.82, 2.24) is 10.3 Å². The number of carbonyl (C=O) groups excluding carboxylic acids is 2. The Balaban J connectivity index is 1.53. The van der Waals surface area contributed by atoms with Gasteiger partial charge in [-0.1, -0.05) is 42.5 Å². The zero-order valence-corrected chi connectivity index (χ0v) is 20.9. The molecule has 2 fully saturated rings. The van der Waals surface area contributed by atoms with Gasteiger partial charge in [-0.05, 0) is 54.8 Å². The number of carboxylic acids is 1. The molecule has 0 unspecified atom stereocenters. The molecule has 2 amide bonds. The predicted octanol–water partition coefficient (Wildman–Crippen LogP) is 4.01. The van der Waals surface area contributed by atoms with Crippen LogP contribution in [-0.4, -0.2) is 38.5 Å². The number of aryl methyl sites for hydroxylation is 2. The van der Waals surface area contributed by atoms with E-state index < -0.39 is 41.2 Å². The molecule has 0 radical (unpaired) electrons. The third-order valence-corrected chi connectivity index (χ3v) is 7.92. The van der Waals surface area contributed by atoms with Crippen molar-refractivity contribution >= 4 is 34.4 Å².